The van der Waals surface area contributed by atoms with Gasteiger partial charge in [-0.25, -0.2) is 4.98 Å². The fraction of sp³-hybridized carbons (Fsp3) is 0.667. The average molecular weight is 221 g/mol. The third-order valence-corrected chi connectivity index (χ3v) is 2.50. The molecule has 88 valence electrons. The lowest BCUT2D eigenvalue weighted by Gasteiger charge is -2.22. The van der Waals surface area contributed by atoms with Gasteiger partial charge < -0.3 is 10.5 Å². The summed E-state index contributed by atoms with van der Waals surface area (Å²) < 4.78 is 5.80. The number of aromatic nitrogens is 2. The zero-order valence-corrected chi connectivity index (χ0v) is 10.4. The molecule has 0 spiro atoms. The average Bonchev–Trinajstić information content (AvgIpc) is 2.93. The van der Waals surface area contributed by atoms with Crippen molar-refractivity contribution in [2.45, 2.75) is 52.1 Å². The van der Waals surface area contributed by atoms with E-state index in [9.17, 15) is 0 Å². The first-order chi connectivity index (χ1) is 7.37. The predicted molar refractivity (Wildman–Crippen MR) is 63.5 cm³/mol. The van der Waals surface area contributed by atoms with Crippen LogP contribution in [0.1, 0.15) is 50.9 Å². The molecule has 0 atom stereocenters. The van der Waals surface area contributed by atoms with Crippen LogP contribution in [0.15, 0.2) is 0 Å². The van der Waals surface area contributed by atoms with Crippen molar-refractivity contribution in [2.24, 2.45) is 0 Å². The maximum atomic E-state index is 5.87. The molecule has 4 heteroatoms. The standard InChI is InChI=1S/C12H19N3O/c1-7-9(13)14-10(8-5-6-8)15-11(7)16-12(2,3)4/h8H,5-6H2,1-4H3,(H2,13,14,15). The van der Waals surface area contributed by atoms with Crippen LogP contribution in [0.4, 0.5) is 5.82 Å². The first kappa shape index (κ1) is 11.2. The van der Waals surface area contributed by atoms with Gasteiger partial charge in [0, 0.05) is 5.92 Å². The third-order valence-electron chi connectivity index (χ3n) is 2.50. The van der Waals surface area contributed by atoms with Gasteiger partial charge in [-0.15, -0.1) is 0 Å². The number of nitrogen functional groups attached to an aromatic ring is 1. The molecule has 0 aliphatic heterocycles. The van der Waals surface area contributed by atoms with Gasteiger partial charge >= 0.3 is 0 Å². The first-order valence-electron chi connectivity index (χ1n) is 5.70. The third kappa shape index (κ3) is 2.43. The number of rotatable bonds is 2. The van der Waals surface area contributed by atoms with Crippen LogP contribution in [0, 0.1) is 6.92 Å². The minimum Gasteiger partial charge on any atom is -0.472 e. The smallest absolute Gasteiger partial charge is 0.222 e. The van der Waals surface area contributed by atoms with E-state index in [-0.39, 0.29) is 5.60 Å². The van der Waals surface area contributed by atoms with Crippen molar-refractivity contribution >= 4 is 5.82 Å². The quantitative estimate of drug-likeness (QED) is 0.833. The molecule has 0 amide bonds. The molecule has 1 aliphatic carbocycles. The van der Waals surface area contributed by atoms with E-state index in [0.717, 1.165) is 24.2 Å². The zero-order valence-electron chi connectivity index (χ0n) is 10.4. The molecular formula is C12H19N3O. The van der Waals surface area contributed by atoms with Gasteiger partial charge in [-0.3, -0.25) is 0 Å². The van der Waals surface area contributed by atoms with Crippen molar-refractivity contribution in [3.8, 4) is 5.88 Å². The summed E-state index contributed by atoms with van der Waals surface area (Å²) in [5.41, 5.74) is 6.45. The van der Waals surface area contributed by atoms with Crippen LogP contribution >= 0.6 is 0 Å². The van der Waals surface area contributed by atoms with Gasteiger partial charge in [0.05, 0.1) is 5.56 Å². The fourth-order valence-electron chi connectivity index (χ4n) is 1.44. The van der Waals surface area contributed by atoms with E-state index in [4.69, 9.17) is 10.5 Å². The van der Waals surface area contributed by atoms with Crippen LogP contribution in [-0.2, 0) is 0 Å². The lowest BCUT2D eigenvalue weighted by atomic mass is 10.2. The van der Waals surface area contributed by atoms with Gasteiger partial charge in [-0.1, -0.05) is 0 Å². The molecule has 1 saturated carbocycles. The summed E-state index contributed by atoms with van der Waals surface area (Å²) in [6.07, 6.45) is 2.33. The molecule has 4 nitrogen and oxygen atoms in total. The monoisotopic (exact) mass is 221 g/mol. The Balaban J connectivity index is 2.34. The number of anilines is 1. The second-order valence-electron chi connectivity index (χ2n) is 5.39. The second-order valence-corrected chi connectivity index (χ2v) is 5.39. The summed E-state index contributed by atoms with van der Waals surface area (Å²) in [6, 6.07) is 0. The van der Waals surface area contributed by atoms with Crippen LogP contribution in [0.5, 0.6) is 5.88 Å². The maximum Gasteiger partial charge on any atom is 0.222 e. The van der Waals surface area contributed by atoms with Crippen LogP contribution in [-0.4, -0.2) is 15.6 Å². The summed E-state index contributed by atoms with van der Waals surface area (Å²) in [5, 5.41) is 0. The molecule has 1 heterocycles. The highest BCUT2D eigenvalue weighted by Gasteiger charge is 2.28. The van der Waals surface area contributed by atoms with E-state index in [1.807, 2.05) is 27.7 Å². The van der Waals surface area contributed by atoms with E-state index in [1.54, 1.807) is 0 Å². The Hall–Kier alpha value is -1.32. The second kappa shape index (κ2) is 3.61. The SMILES string of the molecule is Cc1c(N)nc(C2CC2)nc1OC(C)(C)C. The normalized spacial score (nSPS) is 16.2. The van der Waals surface area contributed by atoms with Gasteiger partial charge in [0.15, 0.2) is 0 Å². The molecule has 0 aromatic carbocycles. The van der Waals surface area contributed by atoms with Crippen molar-refractivity contribution in [1.82, 2.24) is 9.97 Å². The summed E-state index contributed by atoms with van der Waals surface area (Å²) in [7, 11) is 0. The summed E-state index contributed by atoms with van der Waals surface area (Å²) in [4.78, 5) is 8.78. The van der Waals surface area contributed by atoms with Crippen molar-refractivity contribution in [3.05, 3.63) is 11.4 Å². The number of hydrogen-bond acceptors (Lipinski definition) is 4. The van der Waals surface area contributed by atoms with Crippen molar-refractivity contribution in [2.75, 3.05) is 5.73 Å². The highest BCUT2D eigenvalue weighted by Crippen LogP contribution is 2.39. The Labute approximate surface area is 96.2 Å². The molecule has 0 bridgehead atoms. The minimum atomic E-state index is -0.258. The summed E-state index contributed by atoms with van der Waals surface area (Å²) in [5.74, 6) is 2.49. The van der Waals surface area contributed by atoms with Gasteiger partial charge in [0.1, 0.15) is 17.2 Å². The fourth-order valence-corrected chi connectivity index (χ4v) is 1.44. The first-order valence-corrected chi connectivity index (χ1v) is 5.70. The lowest BCUT2D eigenvalue weighted by Crippen LogP contribution is -2.24. The Morgan fingerprint density at radius 2 is 1.88 bits per heavy atom. The summed E-state index contributed by atoms with van der Waals surface area (Å²) >= 11 is 0. The van der Waals surface area contributed by atoms with Gasteiger partial charge in [-0.05, 0) is 40.5 Å². The largest absolute Gasteiger partial charge is 0.472 e. The molecule has 0 radical (unpaired) electrons. The highest BCUT2D eigenvalue weighted by molar-refractivity contribution is 5.45. The van der Waals surface area contributed by atoms with E-state index in [0.29, 0.717) is 17.6 Å². The molecule has 16 heavy (non-hydrogen) atoms. The number of hydrogen-bond donors (Lipinski definition) is 1. The molecule has 2 rings (SSSR count). The van der Waals surface area contributed by atoms with E-state index in [2.05, 4.69) is 9.97 Å². The molecular weight excluding hydrogens is 202 g/mol. The minimum absolute atomic E-state index is 0.258. The summed E-state index contributed by atoms with van der Waals surface area (Å²) in [6.45, 7) is 7.90. The highest BCUT2D eigenvalue weighted by atomic mass is 16.5. The van der Waals surface area contributed by atoms with Gasteiger partial charge in [0.25, 0.3) is 0 Å². The predicted octanol–water partition coefficient (Wildman–Crippen LogP) is 2.42. The van der Waals surface area contributed by atoms with Crippen LogP contribution in [0.3, 0.4) is 0 Å². The van der Waals surface area contributed by atoms with Crippen molar-refractivity contribution < 1.29 is 4.74 Å². The lowest BCUT2D eigenvalue weighted by molar-refractivity contribution is 0.122. The molecule has 1 aromatic rings. The topological polar surface area (TPSA) is 61.0 Å². The molecule has 0 saturated heterocycles. The number of ether oxygens (including phenoxy) is 1. The molecule has 2 N–H and O–H groups in total. The maximum absolute atomic E-state index is 5.87. The Kier molecular flexibility index (Phi) is 2.52. The van der Waals surface area contributed by atoms with Gasteiger partial charge in [-0.2, -0.15) is 4.98 Å². The molecule has 1 fully saturated rings. The zero-order chi connectivity index (χ0) is 11.9. The molecule has 0 unspecified atom stereocenters. The van der Waals surface area contributed by atoms with Crippen LogP contribution in [0.2, 0.25) is 0 Å². The Bertz CT molecular complexity index is 405. The van der Waals surface area contributed by atoms with Gasteiger partial charge in [0.2, 0.25) is 5.88 Å². The Morgan fingerprint density at radius 3 is 2.38 bits per heavy atom. The molecule has 1 aromatic heterocycles. The van der Waals surface area contributed by atoms with Crippen LogP contribution in [0.25, 0.3) is 0 Å². The molecule has 1 aliphatic rings. The van der Waals surface area contributed by atoms with E-state index >= 15 is 0 Å². The van der Waals surface area contributed by atoms with Crippen molar-refractivity contribution in [3.63, 3.8) is 0 Å². The van der Waals surface area contributed by atoms with Crippen molar-refractivity contribution in [1.29, 1.82) is 0 Å². The number of nitrogens with zero attached hydrogens (tertiary/aromatic N) is 2. The van der Waals surface area contributed by atoms with E-state index in [1.165, 1.54) is 0 Å². The number of nitrogens with two attached hydrogens (primary N) is 1. The van der Waals surface area contributed by atoms with Crippen LogP contribution < -0.4 is 10.5 Å². The van der Waals surface area contributed by atoms with E-state index < -0.39 is 0 Å². The Morgan fingerprint density at radius 1 is 1.25 bits per heavy atom.